The summed E-state index contributed by atoms with van der Waals surface area (Å²) in [7, 11) is 3.52. The number of thiophene rings is 2. The number of guanidine groups is 1. The Balaban J connectivity index is 1.67. The van der Waals surface area contributed by atoms with E-state index in [9.17, 15) is 4.79 Å². The largest absolute Gasteiger partial charge is 0.354 e. The molecule has 30 heavy (non-hydrogen) atoms. The number of hydrogen-bond acceptors (Lipinski definition) is 5. The average Bonchev–Trinajstić information content (AvgIpc) is 3.44. The molecule has 1 saturated heterocycles. The lowest BCUT2D eigenvalue weighted by atomic mass is 9.97. The second-order valence-electron chi connectivity index (χ2n) is 8.02. The number of nitrogens with one attached hydrogen (secondary N) is 2. The third-order valence-corrected chi connectivity index (χ3v) is 7.32. The Bertz CT molecular complexity index is 781. The van der Waals surface area contributed by atoms with E-state index in [-0.39, 0.29) is 12.5 Å². The molecule has 1 unspecified atom stereocenters. The summed E-state index contributed by atoms with van der Waals surface area (Å²) in [4.78, 5) is 23.4. The molecule has 6 nitrogen and oxygen atoms in total. The van der Waals surface area contributed by atoms with Gasteiger partial charge in [-0.15, -0.1) is 22.7 Å². The summed E-state index contributed by atoms with van der Waals surface area (Å²) in [5.74, 6) is 1.48. The second-order valence-corrected chi connectivity index (χ2v) is 10.0. The molecular formula is C22H33N5OS2. The Hall–Kier alpha value is -1.90. The Morgan fingerprint density at radius 3 is 2.57 bits per heavy atom. The smallest absolute Gasteiger partial charge is 0.243 e. The highest BCUT2D eigenvalue weighted by Gasteiger charge is 2.25. The quantitative estimate of drug-likeness (QED) is 0.481. The number of nitrogens with zero attached hydrogens (tertiary/aromatic N) is 3. The van der Waals surface area contributed by atoms with Crippen molar-refractivity contribution in [1.29, 1.82) is 0 Å². The van der Waals surface area contributed by atoms with E-state index in [1.807, 2.05) is 17.4 Å². The molecule has 2 N–H and O–H groups in total. The van der Waals surface area contributed by atoms with Crippen LogP contribution in [0.15, 0.2) is 40.0 Å². The molecular weight excluding hydrogens is 414 g/mol. The van der Waals surface area contributed by atoms with Crippen molar-refractivity contribution in [3.8, 4) is 0 Å². The van der Waals surface area contributed by atoms with Crippen LogP contribution in [0.2, 0.25) is 0 Å². The minimum atomic E-state index is -0.00736. The van der Waals surface area contributed by atoms with Gasteiger partial charge in [-0.2, -0.15) is 0 Å². The molecule has 0 spiro atoms. The van der Waals surface area contributed by atoms with E-state index < -0.39 is 0 Å². The fourth-order valence-electron chi connectivity index (χ4n) is 3.47. The highest BCUT2D eigenvalue weighted by molar-refractivity contribution is 7.10. The third-order valence-electron chi connectivity index (χ3n) is 5.47. The van der Waals surface area contributed by atoms with Crippen molar-refractivity contribution in [3.63, 3.8) is 0 Å². The van der Waals surface area contributed by atoms with E-state index in [2.05, 4.69) is 56.4 Å². The Morgan fingerprint density at radius 2 is 1.93 bits per heavy atom. The number of likely N-dealkylation sites (N-methyl/N-ethyl adjacent to an activating group) is 1. The summed E-state index contributed by atoms with van der Waals surface area (Å²) in [5.41, 5.74) is 0. The van der Waals surface area contributed by atoms with Gasteiger partial charge in [-0.1, -0.05) is 19.1 Å². The molecule has 0 radical (unpaired) electrons. The minimum absolute atomic E-state index is 0.00736. The molecule has 164 valence electrons. The summed E-state index contributed by atoms with van der Waals surface area (Å²) >= 11 is 3.52. The van der Waals surface area contributed by atoms with Crippen molar-refractivity contribution in [1.82, 2.24) is 20.4 Å². The van der Waals surface area contributed by atoms with Crippen LogP contribution >= 0.6 is 22.7 Å². The van der Waals surface area contributed by atoms with Gasteiger partial charge in [0.05, 0.1) is 12.6 Å². The number of carbonyl (C=O) groups is 1. The summed E-state index contributed by atoms with van der Waals surface area (Å²) in [5, 5.41) is 11.1. The zero-order chi connectivity index (χ0) is 21.3. The van der Waals surface area contributed by atoms with Crippen molar-refractivity contribution >= 4 is 34.5 Å². The predicted molar refractivity (Wildman–Crippen MR) is 127 cm³/mol. The van der Waals surface area contributed by atoms with Gasteiger partial charge in [0.25, 0.3) is 0 Å². The SMILES string of the molecule is CC1CCN(C(CNC(=NCC(=O)N(C)C)NCc2cccs2)c2cccs2)CC1. The molecule has 2 aromatic rings. The summed E-state index contributed by atoms with van der Waals surface area (Å²) in [6, 6.07) is 8.81. The van der Waals surface area contributed by atoms with Crippen LogP contribution in [0.4, 0.5) is 0 Å². The van der Waals surface area contributed by atoms with Crippen LogP contribution < -0.4 is 10.6 Å². The van der Waals surface area contributed by atoms with Crippen molar-refractivity contribution in [2.75, 3.05) is 40.3 Å². The number of amides is 1. The van der Waals surface area contributed by atoms with Gasteiger partial charge in [-0.05, 0) is 54.7 Å². The molecule has 1 atom stereocenters. The molecule has 1 fully saturated rings. The first-order valence-electron chi connectivity index (χ1n) is 10.5. The van der Waals surface area contributed by atoms with Crippen molar-refractivity contribution in [2.24, 2.45) is 10.9 Å². The van der Waals surface area contributed by atoms with Gasteiger partial charge < -0.3 is 15.5 Å². The van der Waals surface area contributed by atoms with Gasteiger partial charge >= 0.3 is 0 Å². The third kappa shape index (κ3) is 6.82. The molecule has 8 heteroatoms. The summed E-state index contributed by atoms with van der Waals surface area (Å²) in [6.45, 7) is 6.19. The van der Waals surface area contributed by atoms with Gasteiger partial charge in [0.1, 0.15) is 6.54 Å². The van der Waals surface area contributed by atoms with Crippen molar-refractivity contribution in [2.45, 2.75) is 32.4 Å². The first kappa shape index (κ1) is 22.8. The van der Waals surface area contributed by atoms with E-state index in [1.165, 1.54) is 22.6 Å². The number of piperidine rings is 1. The number of rotatable bonds is 8. The van der Waals surface area contributed by atoms with Gasteiger partial charge in [-0.3, -0.25) is 9.69 Å². The van der Waals surface area contributed by atoms with E-state index in [4.69, 9.17) is 0 Å². The highest BCUT2D eigenvalue weighted by Crippen LogP contribution is 2.29. The minimum Gasteiger partial charge on any atom is -0.354 e. The maximum absolute atomic E-state index is 12.0. The molecule has 3 rings (SSSR count). The molecule has 0 saturated carbocycles. The van der Waals surface area contributed by atoms with Crippen molar-refractivity contribution in [3.05, 3.63) is 44.8 Å². The second kappa shape index (κ2) is 11.5. The average molecular weight is 448 g/mol. The number of aliphatic imine (C=N–C) groups is 1. The topological polar surface area (TPSA) is 60.0 Å². The van der Waals surface area contributed by atoms with Crippen LogP contribution in [0.1, 0.15) is 35.6 Å². The van der Waals surface area contributed by atoms with Crippen LogP contribution in [0, 0.1) is 5.92 Å². The Morgan fingerprint density at radius 1 is 1.20 bits per heavy atom. The molecule has 1 amide bonds. The monoisotopic (exact) mass is 447 g/mol. The zero-order valence-corrected chi connectivity index (χ0v) is 19.8. The molecule has 0 aliphatic carbocycles. The lowest BCUT2D eigenvalue weighted by Crippen LogP contribution is -2.45. The number of carbonyl (C=O) groups excluding carboxylic acids is 1. The van der Waals surface area contributed by atoms with Gasteiger partial charge in [0, 0.05) is 30.4 Å². The van der Waals surface area contributed by atoms with Gasteiger partial charge in [0.2, 0.25) is 5.91 Å². The molecule has 1 aliphatic rings. The predicted octanol–water partition coefficient (Wildman–Crippen LogP) is 3.41. The normalized spacial score (nSPS) is 17.0. The van der Waals surface area contributed by atoms with Crippen LogP contribution in [0.25, 0.3) is 0 Å². The van der Waals surface area contributed by atoms with Crippen LogP contribution in [-0.2, 0) is 11.3 Å². The van der Waals surface area contributed by atoms with Crippen LogP contribution in [-0.4, -0.2) is 61.9 Å². The number of likely N-dealkylation sites (tertiary alicyclic amines) is 1. The van der Waals surface area contributed by atoms with Crippen LogP contribution in [0.3, 0.4) is 0 Å². The van der Waals surface area contributed by atoms with E-state index in [0.717, 1.165) is 25.6 Å². The maximum atomic E-state index is 12.0. The highest BCUT2D eigenvalue weighted by atomic mass is 32.1. The van der Waals surface area contributed by atoms with Gasteiger partial charge in [-0.25, -0.2) is 4.99 Å². The fourth-order valence-corrected chi connectivity index (χ4v) is 4.98. The maximum Gasteiger partial charge on any atom is 0.243 e. The molecule has 3 heterocycles. The van der Waals surface area contributed by atoms with Gasteiger partial charge in [0.15, 0.2) is 5.96 Å². The first-order chi connectivity index (χ1) is 14.5. The standard InChI is InChI=1S/C22H33N5OS2/c1-17-8-10-27(11-9-17)19(20-7-5-13-30-20)15-24-22(25-16-21(28)26(2)3)23-14-18-6-4-12-29-18/h4-7,12-13,17,19H,8-11,14-16H2,1-3H3,(H2,23,24,25). The lowest BCUT2D eigenvalue weighted by molar-refractivity contribution is -0.127. The van der Waals surface area contributed by atoms with E-state index >= 15 is 0 Å². The fraction of sp³-hybridized carbons (Fsp3) is 0.545. The Labute approximate surface area is 188 Å². The lowest BCUT2D eigenvalue weighted by Gasteiger charge is -2.36. The number of hydrogen-bond donors (Lipinski definition) is 2. The molecule has 1 aliphatic heterocycles. The summed E-state index contributed by atoms with van der Waals surface area (Å²) in [6.07, 6.45) is 2.49. The summed E-state index contributed by atoms with van der Waals surface area (Å²) < 4.78 is 0. The van der Waals surface area contributed by atoms with E-state index in [1.54, 1.807) is 30.3 Å². The van der Waals surface area contributed by atoms with Crippen LogP contribution in [0.5, 0.6) is 0 Å². The first-order valence-corrected chi connectivity index (χ1v) is 12.3. The molecule has 2 aromatic heterocycles. The van der Waals surface area contributed by atoms with E-state index in [0.29, 0.717) is 18.5 Å². The molecule has 0 aromatic carbocycles. The van der Waals surface area contributed by atoms with Crippen molar-refractivity contribution < 1.29 is 4.79 Å². The molecule has 0 bridgehead atoms. The Kier molecular flexibility index (Phi) is 8.72. The zero-order valence-electron chi connectivity index (χ0n) is 18.1.